The normalized spacial score (nSPS) is 9.91. The van der Waals surface area contributed by atoms with Gasteiger partial charge < -0.3 is 10.3 Å². The lowest BCUT2D eigenvalue weighted by molar-refractivity contribution is 0.744. The van der Waals surface area contributed by atoms with Gasteiger partial charge in [0.2, 0.25) is 0 Å². The highest BCUT2D eigenvalue weighted by Gasteiger charge is 1.88. The van der Waals surface area contributed by atoms with E-state index in [-0.39, 0.29) is 0 Å². The highest BCUT2D eigenvalue weighted by molar-refractivity contribution is 5.39. The largest absolute Gasteiger partial charge is 0.384 e. The van der Waals surface area contributed by atoms with Crippen LogP contribution in [0.4, 0.5) is 5.69 Å². The topological polar surface area (TPSA) is 27.8 Å². The maximum Gasteiger partial charge on any atom is 0.0517 e. The Morgan fingerprint density at radius 3 is 3.00 bits per heavy atom. The number of anilines is 1. The van der Waals surface area contributed by atoms with Crippen LogP contribution in [0.1, 0.15) is 26.2 Å². The van der Waals surface area contributed by atoms with Gasteiger partial charge in [-0.15, -0.1) is 0 Å². The van der Waals surface area contributed by atoms with Crippen LogP contribution in [0.25, 0.3) is 0 Å². The molecule has 1 aromatic heterocycles. The van der Waals surface area contributed by atoms with Crippen LogP contribution >= 0.6 is 0 Å². The van der Waals surface area contributed by atoms with Crippen molar-refractivity contribution >= 4 is 5.69 Å². The Hall–Kier alpha value is -0.920. The Balaban J connectivity index is 2.04. The number of unbranched alkanes of at least 4 members (excludes halogenated alkanes) is 2. The van der Waals surface area contributed by atoms with Gasteiger partial charge in [-0.25, -0.2) is 0 Å². The second kappa shape index (κ2) is 4.83. The molecule has 0 saturated carbocycles. The first-order chi connectivity index (χ1) is 5.43. The van der Waals surface area contributed by atoms with E-state index < -0.39 is 0 Å². The van der Waals surface area contributed by atoms with Crippen LogP contribution in [0.5, 0.6) is 0 Å². The van der Waals surface area contributed by atoms with Gasteiger partial charge in [0.15, 0.2) is 0 Å². The molecule has 0 unspecified atom stereocenters. The zero-order valence-corrected chi connectivity index (χ0v) is 7.06. The van der Waals surface area contributed by atoms with Crippen molar-refractivity contribution in [3.8, 4) is 0 Å². The molecule has 0 aliphatic carbocycles. The molecular weight excluding hydrogens is 136 g/mol. The smallest absolute Gasteiger partial charge is 0.0517 e. The molecule has 0 bridgehead atoms. The zero-order chi connectivity index (χ0) is 7.94. The predicted molar refractivity (Wildman–Crippen MR) is 48.8 cm³/mol. The van der Waals surface area contributed by atoms with Gasteiger partial charge in [-0.2, -0.15) is 0 Å². The van der Waals surface area contributed by atoms with Crippen molar-refractivity contribution in [2.45, 2.75) is 26.2 Å². The van der Waals surface area contributed by atoms with Crippen LogP contribution in [-0.4, -0.2) is 11.5 Å². The average Bonchev–Trinajstić information content (AvgIpc) is 2.50. The molecular formula is C9H16N2. The summed E-state index contributed by atoms with van der Waals surface area (Å²) in [4.78, 5) is 3.01. The van der Waals surface area contributed by atoms with Crippen LogP contribution in [-0.2, 0) is 0 Å². The minimum Gasteiger partial charge on any atom is -0.384 e. The van der Waals surface area contributed by atoms with E-state index >= 15 is 0 Å². The molecule has 2 N–H and O–H groups in total. The number of hydrogen-bond donors (Lipinski definition) is 2. The molecule has 1 heterocycles. The number of aromatic nitrogens is 1. The molecule has 62 valence electrons. The first-order valence-electron chi connectivity index (χ1n) is 4.30. The Bertz CT molecular complexity index is 168. The van der Waals surface area contributed by atoms with E-state index in [1.54, 1.807) is 0 Å². The van der Waals surface area contributed by atoms with Crippen molar-refractivity contribution in [2.24, 2.45) is 0 Å². The predicted octanol–water partition coefficient (Wildman–Crippen LogP) is 2.62. The molecule has 0 spiro atoms. The van der Waals surface area contributed by atoms with E-state index in [0.29, 0.717) is 0 Å². The minimum absolute atomic E-state index is 1.09. The highest BCUT2D eigenvalue weighted by Crippen LogP contribution is 2.03. The van der Waals surface area contributed by atoms with Crippen LogP contribution in [0.2, 0.25) is 0 Å². The molecule has 2 nitrogen and oxygen atoms in total. The molecule has 0 aliphatic heterocycles. The summed E-state index contributed by atoms with van der Waals surface area (Å²) in [6.07, 6.45) is 7.78. The third-order valence-corrected chi connectivity index (χ3v) is 1.71. The molecule has 0 amide bonds. The fourth-order valence-electron chi connectivity index (χ4n) is 1.04. The van der Waals surface area contributed by atoms with E-state index in [4.69, 9.17) is 0 Å². The van der Waals surface area contributed by atoms with E-state index in [2.05, 4.69) is 17.2 Å². The Kier molecular flexibility index (Phi) is 3.59. The number of H-pyrrole nitrogens is 1. The number of nitrogens with one attached hydrogen (secondary N) is 2. The lowest BCUT2D eigenvalue weighted by Crippen LogP contribution is -1.99. The maximum atomic E-state index is 3.33. The third kappa shape index (κ3) is 3.12. The fraction of sp³-hybridized carbons (Fsp3) is 0.556. The number of hydrogen-bond acceptors (Lipinski definition) is 1. The summed E-state index contributed by atoms with van der Waals surface area (Å²) in [5, 5.41) is 3.33. The summed E-state index contributed by atoms with van der Waals surface area (Å²) in [5.41, 5.74) is 1.20. The van der Waals surface area contributed by atoms with Crippen LogP contribution in [0.15, 0.2) is 18.5 Å². The summed E-state index contributed by atoms with van der Waals surface area (Å²) < 4.78 is 0. The zero-order valence-electron chi connectivity index (χ0n) is 7.06. The summed E-state index contributed by atoms with van der Waals surface area (Å²) in [7, 11) is 0. The molecule has 11 heavy (non-hydrogen) atoms. The van der Waals surface area contributed by atoms with Crippen molar-refractivity contribution in [3.05, 3.63) is 18.5 Å². The lowest BCUT2D eigenvalue weighted by atomic mass is 10.2. The molecule has 0 fully saturated rings. The van der Waals surface area contributed by atoms with Crippen molar-refractivity contribution < 1.29 is 0 Å². The molecule has 2 heteroatoms. The van der Waals surface area contributed by atoms with Gasteiger partial charge >= 0.3 is 0 Å². The highest BCUT2D eigenvalue weighted by atomic mass is 14.9. The third-order valence-electron chi connectivity index (χ3n) is 1.71. The average molecular weight is 152 g/mol. The molecule has 1 aromatic rings. The van der Waals surface area contributed by atoms with Crippen molar-refractivity contribution in [1.82, 2.24) is 4.98 Å². The van der Waals surface area contributed by atoms with E-state index in [9.17, 15) is 0 Å². The molecule has 0 aliphatic rings. The number of aromatic amines is 1. The quantitative estimate of drug-likeness (QED) is 0.624. The second-order valence-electron chi connectivity index (χ2n) is 2.73. The van der Waals surface area contributed by atoms with Crippen molar-refractivity contribution in [1.29, 1.82) is 0 Å². The van der Waals surface area contributed by atoms with Crippen LogP contribution in [0, 0.1) is 0 Å². The van der Waals surface area contributed by atoms with E-state index in [0.717, 1.165) is 6.54 Å². The first kappa shape index (κ1) is 8.18. The maximum absolute atomic E-state index is 3.33. The standard InChI is InChI=1S/C9H16N2/c1-2-3-4-6-11-9-5-7-10-8-9/h5,7-8,10-11H,2-4,6H2,1H3. The Morgan fingerprint density at radius 1 is 1.45 bits per heavy atom. The van der Waals surface area contributed by atoms with Crippen LogP contribution < -0.4 is 5.32 Å². The SMILES string of the molecule is CCCCCNc1cc[nH]c1. The summed E-state index contributed by atoms with van der Waals surface area (Å²) >= 11 is 0. The molecule has 0 aromatic carbocycles. The van der Waals surface area contributed by atoms with Gasteiger partial charge in [0.05, 0.1) is 5.69 Å². The van der Waals surface area contributed by atoms with Gasteiger partial charge in [-0.05, 0) is 12.5 Å². The molecule has 0 radical (unpaired) electrons. The summed E-state index contributed by atoms with van der Waals surface area (Å²) in [6, 6.07) is 2.05. The second-order valence-corrected chi connectivity index (χ2v) is 2.73. The molecule has 0 saturated heterocycles. The fourth-order valence-corrected chi connectivity index (χ4v) is 1.04. The first-order valence-corrected chi connectivity index (χ1v) is 4.30. The molecule has 1 rings (SSSR count). The van der Waals surface area contributed by atoms with Crippen molar-refractivity contribution in [2.75, 3.05) is 11.9 Å². The number of rotatable bonds is 5. The van der Waals surface area contributed by atoms with Crippen molar-refractivity contribution in [3.63, 3.8) is 0 Å². The van der Waals surface area contributed by atoms with Gasteiger partial charge in [0.25, 0.3) is 0 Å². The molecule has 0 atom stereocenters. The Morgan fingerprint density at radius 2 is 2.36 bits per heavy atom. The van der Waals surface area contributed by atoms with E-state index in [1.165, 1.54) is 24.9 Å². The van der Waals surface area contributed by atoms with Crippen LogP contribution in [0.3, 0.4) is 0 Å². The van der Waals surface area contributed by atoms with Gasteiger partial charge in [0.1, 0.15) is 0 Å². The van der Waals surface area contributed by atoms with Gasteiger partial charge in [0, 0.05) is 18.9 Å². The van der Waals surface area contributed by atoms with Gasteiger partial charge in [-0.1, -0.05) is 19.8 Å². The summed E-state index contributed by atoms with van der Waals surface area (Å²) in [6.45, 7) is 3.31. The lowest BCUT2D eigenvalue weighted by Gasteiger charge is -2.01. The minimum atomic E-state index is 1.09. The summed E-state index contributed by atoms with van der Waals surface area (Å²) in [5.74, 6) is 0. The van der Waals surface area contributed by atoms with Gasteiger partial charge in [-0.3, -0.25) is 0 Å². The monoisotopic (exact) mass is 152 g/mol. The Labute approximate surface area is 68.0 Å². The van der Waals surface area contributed by atoms with E-state index in [1.807, 2.05) is 18.5 Å².